The van der Waals surface area contributed by atoms with Gasteiger partial charge in [0.15, 0.2) is 0 Å². The second kappa shape index (κ2) is 10.8. The van der Waals surface area contributed by atoms with Gasteiger partial charge in [0.05, 0.1) is 6.42 Å². The van der Waals surface area contributed by atoms with Crippen LogP contribution in [0.25, 0.3) is 11.5 Å². The third-order valence-corrected chi connectivity index (χ3v) is 5.32. The highest BCUT2D eigenvalue weighted by molar-refractivity contribution is 5.79. The van der Waals surface area contributed by atoms with Gasteiger partial charge in [-0.3, -0.25) is 0 Å². The van der Waals surface area contributed by atoms with Crippen molar-refractivity contribution in [2.75, 3.05) is 0 Å². The predicted molar refractivity (Wildman–Crippen MR) is 112 cm³/mol. The fourth-order valence-corrected chi connectivity index (χ4v) is 2.87. The number of nitrogens with zero attached hydrogens (tertiary/aromatic N) is 2. The zero-order valence-electron chi connectivity index (χ0n) is 18.1. The molecule has 8 nitrogen and oxygen atoms in total. The maximum Gasteiger partial charge on any atom is 0.408 e. The number of aliphatic carboxylic acids is 1. The summed E-state index contributed by atoms with van der Waals surface area (Å²) in [4.78, 5) is 23.9. The van der Waals surface area contributed by atoms with E-state index in [0.717, 1.165) is 18.4 Å². The first-order valence-corrected chi connectivity index (χ1v) is 10.3. The Morgan fingerprint density at radius 1 is 1.20 bits per heavy atom. The van der Waals surface area contributed by atoms with Gasteiger partial charge < -0.3 is 19.6 Å². The number of carboxylic acids is 1. The van der Waals surface area contributed by atoms with E-state index in [1.54, 1.807) is 0 Å². The van der Waals surface area contributed by atoms with Crippen molar-refractivity contribution < 1.29 is 23.8 Å². The molecule has 0 saturated heterocycles. The van der Waals surface area contributed by atoms with Crippen molar-refractivity contribution >= 4 is 12.1 Å². The number of carbonyl (C=O) groups is 2. The molecule has 1 aromatic carbocycles. The van der Waals surface area contributed by atoms with Crippen LogP contribution in [0, 0.1) is 5.41 Å². The lowest BCUT2D eigenvalue weighted by Crippen LogP contribution is -2.45. The molecule has 1 aromatic heterocycles. The second-order valence-electron chi connectivity index (χ2n) is 7.98. The van der Waals surface area contributed by atoms with Crippen LogP contribution in [0.1, 0.15) is 59.3 Å². The third kappa shape index (κ3) is 6.57. The number of rotatable bonds is 11. The molecule has 164 valence electrons. The number of aromatic nitrogens is 2. The molecule has 1 heterocycles. The highest BCUT2D eigenvalue weighted by atomic mass is 16.6. The molecule has 2 atom stereocenters. The Kier molecular flexibility index (Phi) is 8.38. The van der Waals surface area contributed by atoms with Crippen molar-refractivity contribution in [1.82, 2.24) is 15.5 Å². The van der Waals surface area contributed by atoms with E-state index >= 15 is 0 Å². The molecule has 0 aliphatic carbocycles. The summed E-state index contributed by atoms with van der Waals surface area (Å²) in [6, 6.07) is 8.43. The van der Waals surface area contributed by atoms with E-state index in [9.17, 15) is 14.7 Å². The van der Waals surface area contributed by atoms with Crippen molar-refractivity contribution in [3.63, 3.8) is 0 Å². The molecule has 0 fully saturated rings. The summed E-state index contributed by atoms with van der Waals surface area (Å²) in [5.41, 5.74) is 0.433. The van der Waals surface area contributed by atoms with Gasteiger partial charge in [0.1, 0.15) is 12.1 Å². The molecule has 2 N–H and O–H groups in total. The van der Waals surface area contributed by atoms with E-state index in [2.05, 4.69) is 15.5 Å². The minimum absolute atomic E-state index is 0.237. The lowest BCUT2D eigenvalue weighted by molar-refractivity contribution is -0.139. The normalized spacial score (nSPS) is 13.5. The fraction of sp³-hybridized carbons (Fsp3) is 0.545. The number of nitrogens with one attached hydrogen (secondary N) is 1. The Balaban J connectivity index is 2.10. The number of unbranched alkanes of at least 4 members (excludes halogenated alkanes) is 1. The van der Waals surface area contributed by atoms with Crippen LogP contribution in [0.5, 0.6) is 0 Å². The van der Waals surface area contributed by atoms with Gasteiger partial charge in [-0.1, -0.05) is 58.7 Å². The van der Waals surface area contributed by atoms with Gasteiger partial charge in [0, 0.05) is 11.0 Å². The summed E-state index contributed by atoms with van der Waals surface area (Å²) in [7, 11) is 0. The molecule has 0 bridgehead atoms. The minimum atomic E-state index is -1.07. The van der Waals surface area contributed by atoms with E-state index in [1.165, 1.54) is 0 Å². The van der Waals surface area contributed by atoms with Gasteiger partial charge in [-0.15, -0.1) is 10.2 Å². The molecule has 30 heavy (non-hydrogen) atoms. The highest BCUT2D eigenvalue weighted by Gasteiger charge is 2.34. The number of ether oxygens (including phenoxy) is 1. The van der Waals surface area contributed by atoms with Crippen molar-refractivity contribution in [3.8, 4) is 11.5 Å². The summed E-state index contributed by atoms with van der Waals surface area (Å²) in [6.07, 6.45) is 1.55. The largest absolute Gasteiger partial charge is 0.480 e. The van der Waals surface area contributed by atoms with E-state index in [4.69, 9.17) is 9.15 Å². The summed E-state index contributed by atoms with van der Waals surface area (Å²) in [5, 5.41) is 20.0. The average molecular weight is 418 g/mol. The molecule has 0 unspecified atom stereocenters. The number of carboxylic acid groups (broad SMARTS) is 1. The molecule has 0 spiro atoms. The van der Waals surface area contributed by atoms with Gasteiger partial charge in [-0.25, -0.2) is 9.59 Å². The maximum atomic E-state index is 12.4. The van der Waals surface area contributed by atoms with E-state index in [-0.39, 0.29) is 11.8 Å². The van der Waals surface area contributed by atoms with E-state index in [0.29, 0.717) is 24.6 Å². The Bertz CT molecular complexity index is 819. The van der Waals surface area contributed by atoms with Gasteiger partial charge in [-0.2, -0.15) is 0 Å². The number of carbonyl (C=O) groups excluding carboxylic acids is 1. The predicted octanol–water partition coefficient (Wildman–Crippen LogP) is 4.45. The molecule has 0 saturated carbocycles. The van der Waals surface area contributed by atoms with Gasteiger partial charge in [0.2, 0.25) is 11.8 Å². The van der Waals surface area contributed by atoms with E-state index < -0.39 is 24.2 Å². The zero-order valence-corrected chi connectivity index (χ0v) is 18.1. The minimum Gasteiger partial charge on any atom is -0.480 e. The standard InChI is InChI=1S/C22H31N3O5/c1-5-7-13-16(20(26)27)23-21(28)29-17(22(3,4)6-2)14-18-24-25-19(30-18)15-11-9-8-10-12-15/h8-12,16-17H,5-7,13-14H2,1-4H3,(H,23,28)(H,26,27)/t16-,17+/m0/s1. The summed E-state index contributed by atoms with van der Waals surface area (Å²) >= 11 is 0. The first-order valence-electron chi connectivity index (χ1n) is 10.3. The summed E-state index contributed by atoms with van der Waals surface area (Å²) in [5.74, 6) is -0.321. The van der Waals surface area contributed by atoms with Crippen molar-refractivity contribution in [3.05, 3.63) is 36.2 Å². The Hall–Kier alpha value is -2.90. The molecule has 0 aliphatic rings. The van der Waals surface area contributed by atoms with Crippen LogP contribution >= 0.6 is 0 Å². The molecule has 1 amide bonds. The van der Waals surface area contributed by atoms with Crippen LogP contribution in [-0.2, 0) is 16.0 Å². The monoisotopic (exact) mass is 417 g/mol. The van der Waals surface area contributed by atoms with Crippen LogP contribution in [-0.4, -0.2) is 39.5 Å². The second-order valence-corrected chi connectivity index (χ2v) is 7.98. The number of alkyl carbamates (subject to hydrolysis) is 1. The smallest absolute Gasteiger partial charge is 0.408 e. The van der Waals surface area contributed by atoms with Gasteiger partial charge in [0.25, 0.3) is 0 Å². The van der Waals surface area contributed by atoms with Crippen molar-refractivity contribution in [2.24, 2.45) is 5.41 Å². The summed E-state index contributed by atoms with van der Waals surface area (Å²) in [6.45, 7) is 7.92. The first kappa shape index (κ1) is 23.4. The molecular weight excluding hydrogens is 386 g/mol. The molecule has 8 heteroatoms. The molecular formula is C22H31N3O5. The Morgan fingerprint density at radius 3 is 2.50 bits per heavy atom. The molecule has 0 radical (unpaired) electrons. The van der Waals surface area contributed by atoms with Gasteiger partial charge >= 0.3 is 12.1 Å². The molecule has 2 aromatic rings. The van der Waals surface area contributed by atoms with Crippen LogP contribution in [0.3, 0.4) is 0 Å². The lowest BCUT2D eigenvalue weighted by Gasteiger charge is -2.32. The van der Waals surface area contributed by atoms with Crippen LogP contribution < -0.4 is 5.32 Å². The van der Waals surface area contributed by atoms with Gasteiger partial charge in [-0.05, 0) is 25.0 Å². The maximum absolute atomic E-state index is 12.4. The summed E-state index contributed by atoms with van der Waals surface area (Å²) < 4.78 is 11.4. The Labute approximate surface area is 177 Å². The zero-order chi connectivity index (χ0) is 22.1. The third-order valence-electron chi connectivity index (χ3n) is 5.32. The van der Waals surface area contributed by atoms with Crippen LogP contribution in [0.15, 0.2) is 34.7 Å². The number of hydrogen-bond acceptors (Lipinski definition) is 6. The quantitative estimate of drug-likeness (QED) is 0.555. The molecule has 0 aliphatic heterocycles. The Morgan fingerprint density at radius 2 is 1.90 bits per heavy atom. The first-order chi connectivity index (χ1) is 14.3. The van der Waals surface area contributed by atoms with Crippen molar-refractivity contribution in [2.45, 2.75) is 71.9 Å². The SMILES string of the molecule is CCCC[C@H](NC(=O)O[C@H](Cc1nnc(-c2ccccc2)o1)C(C)(C)CC)C(=O)O. The van der Waals surface area contributed by atoms with Crippen molar-refractivity contribution in [1.29, 1.82) is 0 Å². The number of hydrogen-bond donors (Lipinski definition) is 2. The van der Waals surface area contributed by atoms with Crippen LogP contribution in [0.2, 0.25) is 0 Å². The number of benzene rings is 1. The van der Waals surface area contributed by atoms with Crippen LogP contribution in [0.4, 0.5) is 4.79 Å². The topological polar surface area (TPSA) is 115 Å². The lowest BCUT2D eigenvalue weighted by atomic mass is 9.82. The molecule has 2 rings (SSSR count). The van der Waals surface area contributed by atoms with E-state index in [1.807, 2.05) is 58.0 Å². The average Bonchev–Trinajstić information content (AvgIpc) is 3.19. The number of amides is 1. The highest BCUT2D eigenvalue weighted by Crippen LogP contribution is 2.30. The fourth-order valence-electron chi connectivity index (χ4n) is 2.87.